The largest absolute Gasteiger partial charge is 0.342 e. The van der Waals surface area contributed by atoms with Gasteiger partial charge >= 0.3 is 0 Å². The molecule has 1 aromatic rings. The molecule has 1 aliphatic heterocycles. The molecule has 2 N–H and O–H groups in total. The highest BCUT2D eigenvalue weighted by atomic mass is 35.5. The molecule has 4 heteroatoms. The van der Waals surface area contributed by atoms with Crippen molar-refractivity contribution >= 4 is 18.3 Å². The third kappa shape index (κ3) is 3.80. The van der Waals surface area contributed by atoms with Gasteiger partial charge in [0.05, 0.1) is 0 Å². The Morgan fingerprint density at radius 1 is 1.08 bits per heavy atom. The molecule has 3 nitrogen and oxygen atoms in total. The number of hydrogen-bond donors (Lipinski definition) is 1. The Hall–Kier alpha value is -1.06. The summed E-state index contributed by atoms with van der Waals surface area (Å²) in [7, 11) is 0. The van der Waals surface area contributed by atoms with Crippen molar-refractivity contribution in [3.63, 3.8) is 0 Å². The van der Waals surface area contributed by atoms with Crippen molar-refractivity contribution in [2.45, 2.75) is 57.4 Å². The van der Waals surface area contributed by atoms with Gasteiger partial charge in [0.1, 0.15) is 0 Å². The van der Waals surface area contributed by atoms with Crippen LogP contribution in [0.4, 0.5) is 0 Å². The highest BCUT2D eigenvalue weighted by molar-refractivity contribution is 5.85. The van der Waals surface area contributed by atoms with Crippen molar-refractivity contribution in [2.24, 2.45) is 29.4 Å². The van der Waals surface area contributed by atoms with Gasteiger partial charge in [-0.05, 0) is 61.3 Å². The van der Waals surface area contributed by atoms with Gasteiger partial charge in [-0.1, -0.05) is 43.7 Å². The molecule has 1 saturated heterocycles. The number of likely N-dealkylation sites (tertiary alicyclic amines) is 1. The van der Waals surface area contributed by atoms with Gasteiger partial charge in [0.15, 0.2) is 0 Å². The zero-order valence-electron chi connectivity index (χ0n) is 15.8. The van der Waals surface area contributed by atoms with Crippen LogP contribution in [-0.2, 0) is 4.79 Å². The van der Waals surface area contributed by atoms with Crippen LogP contribution in [0.5, 0.6) is 0 Å². The van der Waals surface area contributed by atoms with Gasteiger partial charge in [-0.2, -0.15) is 0 Å². The Kier molecular flexibility index (Phi) is 6.29. The van der Waals surface area contributed by atoms with E-state index in [1.54, 1.807) is 0 Å². The van der Waals surface area contributed by atoms with Crippen LogP contribution >= 0.6 is 12.4 Å². The fraction of sp³-hybridized carbons (Fsp3) is 0.682. The quantitative estimate of drug-likeness (QED) is 0.840. The number of halogens is 1. The lowest BCUT2D eigenvalue weighted by molar-refractivity contribution is -0.140. The van der Waals surface area contributed by atoms with Crippen molar-refractivity contribution in [3.05, 3.63) is 35.9 Å². The molecule has 4 unspecified atom stereocenters. The normalized spacial score (nSPS) is 36.9. The second-order valence-electron chi connectivity index (χ2n) is 8.76. The molecule has 0 aromatic heterocycles. The Morgan fingerprint density at radius 2 is 1.73 bits per heavy atom. The van der Waals surface area contributed by atoms with E-state index in [1.807, 2.05) is 0 Å². The van der Waals surface area contributed by atoms with E-state index in [4.69, 9.17) is 5.73 Å². The van der Waals surface area contributed by atoms with E-state index in [0.29, 0.717) is 35.6 Å². The first-order valence-corrected chi connectivity index (χ1v) is 10.2. The number of hydrogen-bond acceptors (Lipinski definition) is 2. The Bertz CT molecular complexity index is 593. The summed E-state index contributed by atoms with van der Waals surface area (Å²) in [6.07, 6.45) is 6.92. The Labute approximate surface area is 164 Å². The number of benzene rings is 1. The molecule has 1 amide bonds. The van der Waals surface area contributed by atoms with Crippen molar-refractivity contribution < 1.29 is 4.79 Å². The van der Waals surface area contributed by atoms with Gasteiger partial charge in [0.2, 0.25) is 5.91 Å². The van der Waals surface area contributed by atoms with Crippen molar-refractivity contribution in [2.75, 3.05) is 13.1 Å². The van der Waals surface area contributed by atoms with Crippen LogP contribution in [0.15, 0.2) is 30.3 Å². The minimum atomic E-state index is 0. The summed E-state index contributed by atoms with van der Waals surface area (Å²) < 4.78 is 0. The number of amides is 1. The predicted octanol–water partition coefficient (Wildman–Crippen LogP) is 4.21. The molecule has 2 bridgehead atoms. The van der Waals surface area contributed by atoms with E-state index in [9.17, 15) is 4.79 Å². The minimum absolute atomic E-state index is 0. The molecule has 4 atom stereocenters. The zero-order valence-corrected chi connectivity index (χ0v) is 16.7. The van der Waals surface area contributed by atoms with Gasteiger partial charge in [-0.25, -0.2) is 0 Å². The smallest absolute Gasteiger partial charge is 0.225 e. The van der Waals surface area contributed by atoms with Crippen LogP contribution in [-0.4, -0.2) is 29.9 Å². The third-order valence-electron chi connectivity index (χ3n) is 7.21. The number of carbonyl (C=O) groups excluding carboxylic acids is 1. The minimum Gasteiger partial charge on any atom is -0.342 e. The molecule has 2 saturated carbocycles. The first-order chi connectivity index (χ1) is 12.1. The first-order valence-electron chi connectivity index (χ1n) is 10.2. The Balaban J connectivity index is 0.00000196. The molecule has 144 valence electrons. The van der Waals surface area contributed by atoms with Gasteiger partial charge in [0, 0.05) is 25.0 Å². The van der Waals surface area contributed by atoms with Gasteiger partial charge in [-0.15, -0.1) is 12.4 Å². The van der Waals surface area contributed by atoms with Crippen LogP contribution in [0.1, 0.15) is 56.9 Å². The highest BCUT2D eigenvalue weighted by Gasteiger charge is 2.42. The second kappa shape index (κ2) is 8.31. The van der Waals surface area contributed by atoms with Gasteiger partial charge in [0.25, 0.3) is 0 Å². The first kappa shape index (κ1) is 19.7. The fourth-order valence-electron chi connectivity index (χ4n) is 5.79. The standard InChI is InChI=1S/C22H32N2O.ClH/c1-15-14-24(11-10-20(15)16-6-3-2-4-7-16)22(25)19-12-17-8-5-9-18(13-19)21(17)23;/h2-4,6-7,15,17-21H,5,8-14,23H2,1H3;1H. The van der Waals surface area contributed by atoms with E-state index in [2.05, 4.69) is 42.2 Å². The molecule has 0 spiro atoms. The van der Waals surface area contributed by atoms with E-state index in [-0.39, 0.29) is 18.3 Å². The SMILES string of the molecule is CC1CN(C(=O)C2CC3CCCC(C2)C3N)CCC1c1ccccc1.Cl. The third-order valence-corrected chi connectivity index (χ3v) is 7.21. The van der Waals surface area contributed by atoms with Crippen molar-refractivity contribution in [1.82, 2.24) is 4.90 Å². The fourth-order valence-corrected chi connectivity index (χ4v) is 5.79. The monoisotopic (exact) mass is 376 g/mol. The molecule has 3 fully saturated rings. The van der Waals surface area contributed by atoms with Gasteiger partial charge in [-0.3, -0.25) is 4.79 Å². The summed E-state index contributed by atoms with van der Waals surface area (Å²) in [6, 6.07) is 11.2. The maximum atomic E-state index is 13.2. The number of fused-ring (bicyclic) bond motifs is 2. The molecular weight excluding hydrogens is 344 g/mol. The average molecular weight is 377 g/mol. The van der Waals surface area contributed by atoms with Crippen LogP contribution < -0.4 is 5.73 Å². The summed E-state index contributed by atoms with van der Waals surface area (Å²) in [4.78, 5) is 15.3. The van der Waals surface area contributed by atoms with Crippen LogP contribution in [0.2, 0.25) is 0 Å². The number of piperidine rings is 1. The van der Waals surface area contributed by atoms with E-state index >= 15 is 0 Å². The average Bonchev–Trinajstić information content (AvgIpc) is 2.61. The number of nitrogens with two attached hydrogens (primary N) is 1. The summed E-state index contributed by atoms with van der Waals surface area (Å²) in [5, 5.41) is 0. The number of rotatable bonds is 2. The summed E-state index contributed by atoms with van der Waals surface area (Å²) in [5.41, 5.74) is 7.84. The topological polar surface area (TPSA) is 46.3 Å². The predicted molar refractivity (Wildman–Crippen MR) is 108 cm³/mol. The molecule has 3 aliphatic rings. The molecule has 1 heterocycles. The van der Waals surface area contributed by atoms with Crippen molar-refractivity contribution in [3.8, 4) is 0 Å². The van der Waals surface area contributed by atoms with Gasteiger partial charge < -0.3 is 10.6 Å². The van der Waals surface area contributed by atoms with E-state index in [1.165, 1.54) is 24.8 Å². The Morgan fingerprint density at radius 3 is 2.35 bits per heavy atom. The molecule has 4 rings (SSSR count). The molecule has 26 heavy (non-hydrogen) atoms. The van der Waals surface area contributed by atoms with Crippen LogP contribution in [0, 0.1) is 23.7 Å². The lowest BCUT2D eigenvalue weighted by Crippen LogP contribution is -2.51. The maximum absolute atomic E-state index is 13.2. The van der Waals surface area contributed by atoms with E-state index < -0.39 is 0 Å². The zero-order chi connectivity index (χ0) is 17.4. The summed E-state index contributed by atoms with van der Waals surface area (Å²) in [6.45, 7) is 4.14. The molecular formula is C22H33ClN2O. The maximum Gasteiger partial charge on any atom is 0.225 e. The van der Waals surface area contributed by atoms with Crippen LogP contribution in [0.25, 0.3) is 0 Å². The molecule has 1 aromatic carbocycles. The lowest BCUT2D eigenvalue weighted by Gasteiger charge is -2.46. The summed E-state index contributed by atoms with van der Waals surface area (Å²) >= 11 is 0. The number of nitrogens with zero attached hydrogens (tertiary/aromatic N) is 1. The summed E-state index contributed by atoms with van der Waals surface area (Å²) in [5.74, 6) is 2.94. The van der Waals surface area contributed by atoms with Crippen molar-refractivity contribution in [1.29, 1.82) is 0 Å². The second-order valence-corrected chi connectivity index (χ2v) is 8.76. The molecule has 2 aliphatic carbocycles. The number of carbonyl (C=O) groups is 1. The lowest BCUT2D eigenvalue weighted by atomic mass is 9.64. The van der Waals surface area contributed by atoms with E-state index in [0.717, 1.165) is 32.4 Å². The van der Waals surface area contributed by atoms with Crippen LogP contribution in [0.3, 0.4) is 0 Å². The highest BCUT2D eigenvalue weighted by Crippen LogP contribution is 2.43. The molecule has 0 radical (unpaired) electrons.